The molecule has 1 saturated heterocycles. The van der Waals surface area contributed by atoms with Gasteiger partial charge in [-0.2, -0.15) is 5.10 Å². The van der Waals surface area contributed by atoms with Crippen LogP contribution in [0.3, 0.4) is 0 Å². The van der Waals surface area contributed by atoms with Gasteiger partial charge in [-0.15, -0.1) is 0 Å². The molecule has 1 saturated carbocycles. The average Bonchev–Trinajstić information content (AvgIpc) is 3.34. The van der Waals surface area contributed by atoms with E-state index >= 15 is 0 Å². The van der Waals surface area contributed by atoms with Crippen molar-refractivity contribution in [2.45, 2.75) is 57.0 Å². The standard InChI is InChI=1S/C24H34N6O3S/c1-26-15-19(31)27-21(17-11-6-3-7-12-17)24(33)30-14-8-13-18(30)22(32)28-23(34)20(29-25)16-9-4-2-5-10-16/h2,4-5,9-10,17-18,21,26H,3,6-8,11-15,25H2,1H3,(H,27,31)(H,28,32,34). The van der Waals surface area contributed by atoms with Gasteiger partial charge in [0.05, 0.1) is 6.54 Å². The van der Waals surface area contributed by atoms with Crippen molar-refractivity contribution < 1.29 is 14.4 Å². The molecule has 3 amide bonds. The number of likely N-dealkylation sites (N-methyl/N-ethyl adjacent to an activating group) is 1. The number of hydrogen-bond donors (Lipinski definition) is 4. The maximum Gasteiger partial charge on any atom is 0.247 e. The Balaban J connectivity index is 1.72. The lowest BCUT2D eigenvalue weighted by atomic mass is 9.83. The van der Waals surface area contributed by atoms with Crippen LogP contribution < -0.4 is 21.8 Å². The minimum absolute atomic E-state index is 0.0708. The van der Waals surface area contributed by atoms with Crippen LogP contribution in [0.15, 0.2) is 35.4 Å². The van der Waals surface area contributed by atoms with Crippen LogP contribution in [0.1, 0.15) is 50.5 Å². The van der Waals surface area contributed by atoms with Gasteiger partial charge in [0, 0.05) is 12.1 Å². The van der Waals surface area contributed by atoms with Crippen LogP contribution in [0, 0.1) is 5.92 Å². The number of hydrogen-bond acceptors (Lipinski definition) is 7. The summed E-state index contributed by atoms with van der Waals surface area (Å²) in [5.41, 5.74) is 0.999. The smallest absolute Gasteiger partial charge is 0.247 e. The van der Waals surface area contributed by atoms with E-state index < -0.39 is 12.1 Å². The third-order valence-corrected chi connectivity index (χ3v) is 6.80. The summed E-state index contributed by atoms with van der Waals surface area (Å²) in [5, 5.41) is 12.2. The third kappa shape index (κ3) is 6.38. The fourth-order valence-electron chi connectivity index (χ4n) is 4.83. The summed E-state index contributed by atoms with van der Waals surface area (Å²) < 4.78 is 0. The molecule has 2 unspecified atom stereocenters. The minimum Gasteiger partial charge on any atom is -0.343 e. The summed E-state index contributed by atoms with van der Waals surface area (Å²) in [7, 11) is 1.69. The molecule has 1 aliphatic carbocycles. The fraction of sp³-hybridized carbons (Fsp3) is 0.542. The highest BCUT2D eigenvalue weighted by atomic mass is 32.1. The van der Waals surface area contributed by atoms with Crippen LogP contribution in [0.4, 0.5) is 0 Å². The Hall–Kier alpha value is -2.85. The van der Waals surface area contributed by atoms with E-state index in [1.165, 1.54) is 0 Å². The SMILES string of the molecule is CNCC(=O)NC(C(=O)N1CCCC1C(=O)NC(=S)C(=NN)c1ccccc1)C1CCCCC1. The summed E-state index contributed by atoms with van der Waals surface area (Å²) in [6.07, 6.45) is 6.22. The van der Waals surface area contributed by atoms with Gasteiger partial charge in [0.15, 0.2) is 0 Å². The zero-order valence-corrected chi connectivity index (χ0v) is 20.4. The molecular formula is C24H34N6O3S. The lowest BCUT2D eigenvalue weighted by molar-refractivity contribution is -0.142. The van der Waals surface area contributed by atoms with Crippen molar-refractivity contribution in [3.63, 3.8) is 0 Å². The molecule has 0 radical (unpaired) electrons. The second kappa shape index (κ2) is 12.6. The number of amides is 3. The van der Waals surface area contributed by atoms with Crippen LogP contribution in [0.5, 0.6) is 0 Å². The molecule has 2 aliphatic rings. The number of nitrogens with zero attached hydrogens (tertiary/aromatic N) is 2. The van der Waals surface area contributed by atoms with Gasteiger partial charge < -0.3 is 26.7 Å². The molecule has 0 aromatic heterocycles. The van der Waals surface area contributed by atoms with Crippen LogP contribution in [0.2, 0.25) is 0 Å². The number of carbonyl (C=O) groups is 3. The number of carbonyl (C=O) groups excluding carboxylic acids is 3. The fourth-order valence-corrected chi connectivity index (χ4v) is 5.10. The quantitative estimate of drug-likeness (QED) is 0.188. The summed E-state index contributed by atoms with van der Waals surface area (Å²) in [6.45, 7) is 0.598. The van der Waals surface area contributed by atoms with E-state index in [-0.39, 0.29) is 35.2 Å². The van der Waals surface area contributed by atoms with E-state index in [2.05, 4.69) is 21.1 Å². The Labute approximate surface area is 205 Å². The number of nitrogens with one attached hydrogen (secondary N) is 3. The highest BCUT2D eigenvalue weighted by Gasteiger charge is 2.40. The first-order valence-electron chi connectivity index (χ1n) is 11.9. The predicted molar refractivity (Wildman–Crippen MR) is 135 cm³/mol. The first-order valence-corrected chi connectivity index (χ1v) is 12.3. The molecule has 1 aliphatic heterocycles. The highest BCUT2D eigenvalue weighted by molar-refractivity contribution is 7.82. The van der Waals surface area contributed by atoms with Gasteiger partial charge >= 0.3 is 0 Å². The van der Waals surface area contributed by atoms with Crippen LogP contribution in [0.25, 0.3) is 0 Å². The van der Waals surface area contributed by atoms with Crippen molar-refractivity contribution in [2.75, 3.05) is 20.1 Å². The van der Waals surface area contributed by atoms with Crippen molar-refractivity contribution >= 4 is 40.6 Å². The number of likely N-dealkylation sites (tertiary alicyclic amines) is 1. The summed E-state index contributed by atoms with van der Waals surface area (Å²) in [5.74, 6) is 4.83. The Kier molecular flexibility index (Phi) is 9.52. The molecule has 2 fully saturated rings. The zero-order chi connectivity index (χ0) is 24.5. The lowest BCUT2D eigenvalue weighted by Gasteiger charge is -2.34. The number of benzene rings is 1. The number of thiocarbonyl (C=S) groups is 1. The van der Waals surface area contributed by atoms with Gasteiger partial charge in [-0.05, 0) is 38.6 Å². The normalized spacial score (nSPS) is 20.0. The summed E-state index contributed by atoms with van der Waals surface area (Å²) >= 11 is 5.40. The summed E-state index contributed by atoms with van der Waals surface area (Å²) in [6, 6.07) is 7.83. The van der Waals surface area contributed by atoms with Gasteiger partial charge in [-0.25, -0.2) is 0 Å². The van der Waals surface area contributed by atoms with Crippen LogP contribution in [-0.2, 0) is 14.4 Å². The Morgan fingerprint density at radius 2 is 1.82 bits per heavy atom. The molecule has 34 heavy (non-hydrogen) atoms. The van der Waals surface area contributed by atoms with Gasteiger partial charge in [0.1, 0.15) is 22.8 Å². The zero-order valence-electron chi connectivity index (χ0n) is 19.6. The number of hydrazone groups is 1. The van der Waals surface area contributed by atoms with E-state index in [4.69, 9.17) is 18.1 Å². The van der Waals surface area contributed by atoms with Crippen LogP contribution >= 0.6 is 12.2 Å². The average molecular weight is 487 g/mol. The van der Waals surface area contributed by atoms with Gasteiger partial charge in [-0.3, -0.25) is 14.4 Å². The second-order valence-corrected chi connectivity index (χ2v) is 9.23. The Morgan fingerprint density at radius 1 is 1.12 bits per heavy atom. The molecule has 184 valence electrons. The largest absolute Gasteiger partial charge is 0.343 e. The topological polar surface area (TPSA) is 129 Å². The van der Waals surface area contributed by atoms with Crippen molar-refractivity contribution in [3.8, 4) is 0 Å². The first-order chi connectivity index (χ1) is 16.5. The molecule has 0 spiro atoms. The Morgan fingerprint density at radius 3 is 2.47 bits per heavy atom. The molecule has 1 aromatic rings. The molecule has 10 heteroatoms. The van der Waals surface area contributed by atoms with E-state index in [1.807, 2.05) is 18.2 Å². The van der Waals surface area contributed by atoms with Crippen LogP contribution in [-0.4, -0.2) is 65.5 Å². The molecule has 5 N–H and O–H groups in total. The molecule has 9 nitrogen and oxygen atoms in total. The highest BCUT2D eigenvalue weighted by Crippen LogP contribution is 2.29. The van der Waals surface area contributed by atoms with E-state index in [9.17, 15) is 14.4 Å². The monoisotopic (exact) mass is 486 g/mol. The minimum atomic E-state index is -0.660. The molecule has 3 rings (SSSR count). The Bertz CT molecular complexity index is 917. The van der Waals surface area contributed by atoms with Gasteiger partial charge in [0.2, 0.25) is 17.7 Å². The van der Waals surface area contributed by atoms with E-state index in [0.29, 0.717) is 30.7 Å². The van der Waals surface area contributed by atoms with E-state index in [0.717, 1.165) is 32.1 Å². The number of nitrogens with two attached hydrogens (primary N) is 1. The van der Waals surface area contributed by atoms with Crippen molar-refractivity contribution in [1.29, 1.82) is 0 Å². The molecule has 1 aromatic carbocycles. The summed E-state index contributed by atoms with van der Waals surface area (Å²) in [4.78, 5) is 40.9. The van der Waals surface area contributed by atoms with Gasteiger partial charge in [0.25, 0.3) is 0 Å². The van der Waals surface area contributed by atoms with Gasteiger partial charge in [-0.1, -0.05) is 61.8 Å². The molecule has 0 bridgehead atoms. The second-order valence-electron chi connectivity index (χ2n) is 8.83. The molecule has 2 atom stereocenters. The maximum atomic E-state index is 13.6. The van der Waals surface area contributed by atoms with Crippen molar-refractivity contribution in [2.24, 2.45) is 16.9 Å². The first kappa shape index (κ1) is 25.8. The maximum absolute atomic E-state index is 13.6. The third-order valence-electron chi connectivity index (χ3n) is 6.51. The number of rotatable bonds is 8. The molecule has 1 heterocycles. The van der Waals surface area contributed by atoms with Crippen molar-refractivity contribution in [1.82, 2.24) is 20.9 Å². The predicted octanol–water partition coefficient (Wildman–Crippen LogP) is 1.07. The molecular weight excluding hydrogens is 452 g/mol. The van der Waals surface area contributed by atoms with Crippen molar-refractivity contribution in [3.05, 3.63) is 35.9 Å². The van der Waals surface area contributed by atoms with E-state index in [1.54, 1.807) is 24.1 Å². The lowest BCUT2D eigenvalue weighted by Crippen LogP contribution is -2.57.